The normalized spacial score (nSPS) is 9.12. The molecule has 0 bridgehead atoms. The number of methoxy groups -OCH3 is 1. The van der Waals surface area contributed by atoms with Crippen molar-refractivity contribution in [3.63, 3.8) is 0 Å². The van der Waals surface area contributed by atoms with Crippen molar-refractivity contribution in [1.82, 2.24) is 0 Å². The molecule has 0 unspecified atom stereocenters. The number of hydrogen-bond donors (Lipinski definition) is 1. The highest BCUT2D eigenvalue weighted by Crippen LogP contribution is 2.00. The van der Waals surface area contributed by atoms with Crippen LogP contribution in [0.5, 0.6) is 0 Å². The largest absolute Gasteiger partial charge is 0.481 e. The first-order valence-electron chi connectivity index (χ1n) is 4.57. The van der Waals surface area contributed by atoms with Crippen molar-refractivity contribution < 1.29 is 19.4 Å². The molecule has 0 heterocycles. The zero-order chi connectivity index (χ0) is 12.4. The van der Waals surface area contributed by atoms with Crippen LogP contribution in [0.1, 0.15) is 12.5 Å². The van der Waals surface area contributed by atoms with Crippen LogP contribution in [0.3, 0.4) is 0 Å². The molecular formula is C12H14O4. The maximum atomic E-state index is 10.7. The molecular weight excluding hydrogens is 208 g/mol. The predicted octanol–water partition coefficient (Wildman–Crippen LogP) is 1.96. The Morgan fingerprint density at radius 1 is 1.25 bits per heavy atom. The second-order valence-corrected chi connectivity index (χ2v) is 2.79. The molecule has 1 N–H and O–H groups in total. The lowest BCUT2D eigenvalue weighted by molar-refractivity contribution is -0.135. The molecule has 0 spiro atoms. The number of ether oxygens (including phenoxy) is 1. The summed E-state index contributed by atoms with van der Waals surface area (Å²) in [7, 11) is 1.36. The van der Waals surface area contributed by atoms with Crippen LogP contribution in [0, 0.1) is 0 Å². The molecule has 0 radical (unpaired) electrons. The summed E-state index contributed by atoms with van der Waals surface area (Å²) in [5.74, 6) is -1.17. The highest BCUT2D eigenvalue weighted by Gasteiger charge is 1.89. The lowest BCUT2D eigenvalue weighted by atomic mass is 10.2. The molecule has 0 aliphatic rings. The van der Waals surface area contributed by atoms with Gasteiger partial charge in [-0.15, -0.1) is 0 Å². The van der Waals surface area contributed by atoms with Gasteiger partial charge < -0.3 is 9.84 Å². The minimum atomic E-state index is -0.833. The van der Waals surface area contributed by atoms with Gasteiger partial charge in [-0.3, -0.25) is 4.79 Å². The van der Waals surface area contributed by atoms with Crippen molar-refractivity contribution in [2.24, 2.45) is 0 Å². The van der Waals surface area contributed by atoms with E-state index in [1.807, 2.05) is 30.3 Å². The Morgan fingerprint density at radius 3 is 2.19 bits per heavy atom. The SMILES string of the molecule is CC(=O)O.COC(=O)C=Cc1ccccc1. The number of carboxylic acid groups (broad SMARTS) is 1. The molecule has 0 saturated heterocycles. The zero-order valence-electron chi connectivity index (χ0n) is 9.21. The number of aliphatic carboxylic acids is 1. The molecule has 0 atom stereocenters. The minimum absolute atomic E-state index is 0.334. The summed E-state index contributed by atoms with van der Waals surface area (Å²) < 4.78 is 4.45. The van der Waals surface area contributed by atoms with Gasteiger partial charge in [0.15, 0.2) is 0 Å². The van der Waals surface area contributed by atoms with Crippen LogP contribution in [0.25, 0.3) is 6.08 Å². The van der Waals surface area contributed by atoms with Crippen LogP contribution in [0.4, 0.5) is 0 Å². The zero-order valence-corrected chi connectivity index (χ0v) is 9.21. The fourth-order valence-electron chi connectivity index (χ4n) is 0.796. The van der Waals surface area contributed by atoms with Gasteiger partial charge in [0.05, 0.1) is 7.11 Å². The molecule has 1 aromatic carbocycles. The van der Waals surface area contributed by atoms with Crippen molar-refractivity contribution in [3.05, 3.63) is 42.0 Å². The Kier molecular flexibility index (Phi) is 7.15. The lowest BCUT2D eigenvalue weighted by Crippen LogP contribution is -1.92. The quantitative estimate of drug-likeness (QED) is 0.613. The smallest absolute Gasteiger partial charge is 0.330 e. The van der Waals surface area contributed by atoms with E-state index in [2.05, 4.69) is 4.74 Å². The van der Waals surface area contributed by atoms with E-state index in [0.29, 0.717) is 0 Å². The van der Waals surface area contributed by atoms with E-state index in [-0.39, 0.29) is 5.97 Å². The van der Waals surface area contributed by atoms with Gasteiger partial charge in [-0.05, 0) is 11.6 Å². The summed E-state index contributed by atoms with van der Waals surface area (Å²) in [6.45, 7) is 1.08. The van der Waals surface area contributed by atoms with E-state index < -0.39 is 5.97 Å². The first-order valence-corrected chi connectivity index (χ1v) is 4.57. The number of esters is 1. The second-order valence-electron chi connectivity index (χ2n) is 2.79. The first kappa shape index (κ1) is 13.9. The average Bonchev–Trinajstić information content (AvgIpc) is 2.26. The van der Waals surface area contributed by atoms with Gasteiger partial charge in [-0.2, -0.15) is 0 Å². The van der Waals surface area contributed by atoms with Crippen LogP contribution in [-0.4, -0.2) is 24.2 Å². The summed E-state index contributed by atoms with van der Waals surface area (Å²) in [5, 5.41) is 7.42. The molecule has 16 heavy (non-hydrogen) atoms. The third kappa shape index (κ3) is 8.50. The Balaban J connectivity index is 0.000000487. The molecule has 86 valence electrons. The van der Waals surface area contributed by atoms with E-state index in [0.717, 1.165) is 12.5 Å². The monoisotopic (exact) mass is 222 g/mol. The number of carbonyl (C=O) groups excluding carboxylic acids is 1. The van der Waals surface area contributed by atoms with Gasteiger partial charge in [0, 0.05) is 13.0 Å². The molecule has 0 fully saturated rings. The second kappa shape index (κ2) is 8.23. The Morgan fingerprint density at radius 2 is 1.75 bits per heavy atom. The standard InChI is InChI=1S/C10H10O2.C2H4O2/c1-12-10(11)8-7-9-5-3-2-4-6-9;1-2(3)4/h2-8H,1H3;1H3,(H,3,4). The van der Waals surface area contributed by atoms with Crippen molar-refractivity contribution in [2.45, 2.75) is 6.92 Å². The average molecular weight is 222 g/mol. The van der Waals surface area contributed by atoms with Crippen molar-refractivity contribution >= 4 is 18.0 Å². The molecule has 0 aliphatic heterocycles. The third-order valence-corrected chi connectivity index (χ3v) is 1.41. The fourth-order valence-corrected chi connectivity index (χ4v) is 0.796. The Bertz CT molecular complexity index is 351. The van der Waals surface area contributed by atoms with Crippen LogP contribution in [-0.2, 0) is 14.3 Å². The van der Waals surface area contributed by atoms with Gasteiger partial charge in [0.1, 0.15) is 0 Å². The van der Waals surface area contributed by atoms with Crippen molar-refractivity contribution in [1.29, 1.82) is 0 Å². The third-order valence-electron chi connectivity index (χ3n) is 1.41. The molecule has 1 rings (SSSR count). The summed E-state index contributed by atoms with van der Waals surface area (Å²) in [5.41, 5.74) is 0.989. The van der Waals surface area contributed by atoms with Crippen molar-refractivity contribution in [2.75, 3.05) is 7.11 Å². The number of carboxylic acids is 1. The minimum Gasteiger partial charge on any atom is -0.481 e. The van der Waals surface area contributed by atoms with E-state index >= 15 is 0 Å². The van der Waals surface area contributed by atoms with Gasteiger partial charge in [-0.1, -0.05) is 30.3 Å². The molecule has 0 aliphatic carbocycles. The molecule has 0 aromatic heterocycles. The van der Waals surface area contributed by atoms with E-state index in [1.165, 1.54) is 13.2 Å². The van der Waals surface area contributed by atoms with Gasteiger partial charge in [0.25, 0.3) is 5.97 Å². The summed E-state index contributed by atoms with van der Waals surface area (Å²) in [4.78, 5) is 19.7. The highest BCUT2D eigenvalue weighted by atomic mass is 16.5. The molecule has 1 aromatic rings. The summed E-state index contributed by atoms with van der Waals surface area (Å²) >= 11 is 0. The van der Waals surface area contributed by atoms with Crippen LogP contribution in [0.15, 0.2) is 36.4 Å². The Labute approximate surface area is 94.2 Å². The maximum absolute atomic E-state index is 10.7. The lowest BCUT2D eigenvalue weighted by Gasteiger charge is -1.91. The van der Waals surface area contributed by atoms with Gasteiger partial charge in [-0.25, -0.2) is 4.79 Å². The van der Waals surface area contributed by atoms with Crippen LogP contribution in [0.2, 0.25) is 0 Å². The topological polar surface area (TPSA) is 63.6 Å². The van der Waals surface area contributed by atoms with E-state index in [4.69, 9.17) is 9.90 Å². The summed E-state index contributed by atoms with van der Waals surface area (Å²) in [6.07, 6.45) is 3.11. The molecule has 4 nitrogen and oxygen atoms in total. The van der Waals surface area contributed by atoms with Crippen LogP contribution < -0.4 is 0 Å². The highest BCUT2D eigenvalue weighted by molar-refractivity contribution is 5.86. The Hall–Kier alpha value is -2.10. The predicted molar refractivity (Wildman–Crippen MR) is 60.8 cm³/mol. The fraction of sp³-hybridized carbons (Fsp3) is 0.167. The number of benzene rings is 1. The number of carbonyl (C=O) groups is 2. The molecule has 0 amide bonds. The number of rotatable bonds is 2. The molecule has 0 saturated carbocycles. The van der Waals surface area contributed by atoms with Gasteiger partial charge in [0.2, 0.25) is 0 Å². The van der Waals surface area contributed by atoms with Gasteiger partial charge >= 0.3 is 5.97 Å². The molecule has 4 heteroatoms. The van der Waals surface area contributed by atoms with E-state index in [1.54, 1.807) is 6.08 Å². The van der Waals surface area contributed by atoms with E-state index in [9.17, 15) is 4.79 Å². The summed E-state index contributed by atoms with van der Waals surface area (Å²) in [6, 6.07) is 9.59. The first-order chi connectivity index (χ1) is 7.56. The van der Waals surface area contributed by atoms with Crippen molar-refractivity contribution in [3.8, 4) is 0 Å². The number of hydrogen-bond acceptors (Lipinski definition) is 3. The maximum Gasteiger partial charge on any atom is 0.330 e. The van der Waals surface area contributed by atoms with Crippen LogP contribution >= 0.6 is 0 Å².